The van der Waals surface area contributed by atoms with Gasteiger partial charge in [0.05, 0.1) is 21.1 Å². The molecular formula is C9H21NO5P+. The average molecular weight is 254 g/mol. The minimum Gasteiger partial charge on any atom is -0.477 e. The summed E-state index contributed by atoms with van der Waals surface area (Å²) in [5.74, 6) is -0.872. The summed E-state index contributed by atoms with van der Waals surface area (Å²) in [6, 6.07) is -0.531. The third-order valence-electron chi connectivity index (χ3n) is 2.40. The van der Waals surface area contributed by atoms with Crippen LogP contribution in [0, 0.1) is 0 Å². The third kappa shape index (κ3) is 6.95. The number of rotatable bonds is 7. The summed E-state index contributed by atoms with van der Waals surface area (Å²) in [4.78, 5) is 28.3. The molecule has 1 atom stereocenters. The van der Waals surface area contributed by atoms with E-state index in [4.69, 9.17) is 14.9 Å². The van der Waals surface area contributed by atoms with E-state index in [0.29, 0.717) is 23.7 Å². The van der Waals surface area contributed by atoms with Crippen molar-refractivity contribution < 1.29 is 28.7 Å². The highest BCUT2D eigenvalue weighted by Crippen LogP contribution is 2.35. The SMILES string of the molecule is C[N+](C)(C)C(CCCCP(=O)(O)O)C(=O)O. The summed E-state index contributed by atoms with van der Waals surface area (Å²) >= 11 is 0. The molecular weight excluding hydrogens is 233 g/mol. The maximum Gasteiger partial charge on any atom is 0.362 e. The second kappa shape index (κ2) is 5.77. The van der Waals surface area contributed by atoms with Gasteiger partial charge in [0, 0.05) is 12.6 Å². The fraction of sp³-hybridized carbons (Fsp3) is 0.889. The van der Waals surface area contributed by atoms with Crippen LogP contribution in [0.15, 0.2) is 0 Å². The van der Waals surface area contributed by atoms with Crippen LogP contribution in [0.5, 0.6) is 0 Å². The van der Waals surface area contributed by atoms with Gasteiger partial charge in [0.15, 0.2) is 6.04 Å². The third-order valence-corrected chi connectivity index (χ3v) is 3.30. The lowest BCUT2D eigenvalue weighted by molar-refractivity contribution is -0.887. The summed E-state index contributed by atoms with van der Waals surface area (Å²) in [6.45, 7) is 0. The predicted molar refractivity (Wildman–Crippen MR) is 60.2 cm³/mol. The average Bonchev–Trinajstić information content (AvgIpc) is 1.97. The molecule has 0 saturated carbocycles. The van der Waals surface area contributed by atoms with E-state index in [0.717, 1.165) is 0 Å². The van der Waals surface area contributed by atoms with Crippen molar-refractivity contribution in [3.8, 4) is 0 Å². The molecule has 0 radical (unpaired) electrons. The summed E-state index contributed by atoms with van der Waals surface area (Å²) in [7, 11) is 1.44. The molecule has 0 spiro atoms. The number of hydrogen-bond acceptors (Lipinski definition) is 2. The number of likely N-dealkylation sites (N-methyl/N-ethyl adjacent to an activating group) is 1. The van der Waals surface area contributed by atoms with Gasteiger partial charge in [-0.3, -0.25) is 4.57 Å². The van der Waals surface area contributed by atoms with E-state index in [1.165, 1.54) is 0 Å². The molecule has 96 valence electrons. The van der Waals surface area contributed by atoms with Gasteiger partial charge in [-0.05, 0) is 12.8 Å². The first-order valence-electron chi connectivity index (χ1n) is 5.12. The Balaban J connectivity index is 4.07. The maximum atomic E-state index is 11.0. The highest BCUT2D eigenvalue weighted by atomic mass is 31.2. The molecule has 1 unspecified atom stereocenters. The molecule has 0 aromatic rings. The minimum absolute atomic E-state index is 0.170. The van der Waals surface area contributed by atoms with Crippen LogP contribution in [0.1, 0.15) is 19.3 Å². The van der Waals surface area contributed by atoms with Crippen molar-refractivity contribution in [2.24, 2.45) is 0 Å². The lowest BCUT2D eigenvalue weighted by Crippen LogP contribution is -2.49. The van der Waals surface area contributed by atoms with Gasteiger partial charge < -0.3 is 19.4 Å². The number of quaternary nitrogens is 1. The molecule has 0 fully saturated rings. The second-order valence-corrected chi connectivity index (χ2v) is 6.63. The number of unbranched alkanes of at least 4 members (excludes halogenated alkanes) is 1. The Bertz CT molecular complexity index is 280. The van der Waals surface area contributed by atoms with Crippen molar-refractivity contribution >= 4 is 13.6 Å². The zero-order valence-electron chi connectivity index (χ0n) is 9.96. The normalized spacial score (nSPS) is 14.8. The highest BCUT2D eigenvalue weighted by molar-refractivity contribution is 7.51. The Labute approximate surface area is 95.6 Å². The van der Waals surface area contributed by atoms with Gasteiger partial charge in [-0.15, -0.1) is 0 Å². The molecule has 0 aliphatic heterocycles. The van der Waals surface area contributed by atoms with Crippen LogP contribution < -0.4 is 0 Å². The molecule has 0 rings (SSSR count). The fourth-order valence-electron chi connectivity index (χ4n) is 1.50. The Morgan fingerprint density at radius 2 is 1.75 bits per heavy atom. The summed E-state index contributed by atoms with van der Waals surface area (Å²) in [6.07, 6.45) is 1.13. The van der Waals surface area contributed by atoms with Crippen LogP contribution in [-0.4, -0.2) is 58.7 Å². The molecule has 0 aromatic carbocycles. The van der Waals surface area contributed by atoms with E-state index in [1.54, 1.807) is 21.1 Å². The number of hydrogen-bond donors (Lipinski definition) is 3. The van der Waals surface area contributed by atoms with E-state index in [9.17, 15) is 9.36 Å². The van der Waals surface area contributed by atoms with Crippen LogP contribution >= 0.6 is 7.60 Å². The maximum absolute atomic E-state index is 11.0. The van der Waals surface area contributed by atoms with Gasteiger partial charge in [-0.25, -0.2) is 4.79 Å². The number of nitrogens with zero attached hydrogens (tertiary/aromatic N) is 1. The summed E-state index contributed by atoms with van der Waals surface area (Å²) in [5, 5.41) is 9.00. The van der Waals surface area contributed by atoms with Gasteiger partial charge in [0.25, 0.3) is 0 Å². The number of carbonyl (C=O) groups is 1. The van der Waals surface area contributed by atoms with Crippen molar-refractivity contribution in [1.82, 2.24) is 0 Å². The lowest BCUT2D eigenvalue weighted by atomic mass is 10.1. The molecule has 3 N–H and O–H groups in total. The molecule has 0 heterocycles. The van der Waals surface area contributed by atoms with E-state index < -0.39 is 19.6 Å². The summed E-state index contributed by atoms with van der Waals surface area (Å²) < 4.78 is 10.9. The van der Waals surface area contributed by atoms with E-state index >= 15 is 0 Å². The van der Waals surface area contributed by atoms with Crippen LogP contribution in [0.25, 0.3) is 0 Å². The molecule has 16 heavy (non-hydrogen) atoms. The summed E-state index contributed by atoms with van der Waals surface area (Å²) in [5.41, 5.74) is 0. The second-order valence-electron chi connectivity index (χ2n) is 4.85. The number of carboxylic acids is 1. The van der Waals surface area contributed by atoms with Gasteiger partial charge in [0.2, 0.25) is 0 Å². The highest BCUT2D eigenvalue weighted by Gasteiger charge is 2.30. The molecule has 0 aliphatic carbocycles. The van der Waals surface area contributed by atoms with Crippen molar-refractivity contribution in [2.45, 2.75) is 25.3 Å². The monoisotopic (exact) mass is 254 g/mol. The fourth-order valence-corrected chi connectivity index (χ4v) is 2.13. The zero-order valence-corrected chi connectivity index (χ0v) is 10.9. The first kappa shape index (κ1) is 15.6. The quantitative estimate of drug-likeness (QED) is 0.349. The lowest BCUT2D eigenvalue weighted by Gasteiger charge is -2.31. The topological polar surface area (TPSA) is 94.8 Å². The Kier molecular flexibility index (Phi) is 5.62. The molecule has 7 heteroatoms. The molecule has 0 aromatic heterocycles. The Morgan fingerprint density at radius 1 is 1.25 bits per heavy atom. The Hall–Kier alpha value is -0.420. The van der Waals surface area contributed by atoms with Gasteiger partial charge >= 0.3 is 13.6 Å². The van der Waals surface area contributed by atoms with E-state index in [1.807, 2.05) is 0 Å². The van der Waals surface area contributed by atoms with Crippen LogP contribution in [-0.2, 0) is 9.36 Å². The van der Waals surface area contributed by atoms with Crippen LogP contribution in [0.2, 0.25) is 0 Å². The molecule has 0 amide bonds. The first-order chi connectivity index (χ1) is 7.04. The number of aliphatic carboxylic acids is 1. The van der Waals surface area contributed by atoms with Gasteiger partial charge in [-0.1, -0.05) is 0 Å². The van der Waals surface area contributed by atoms with Gasteiger partial charge in [-0.2, -0.15) is 0 Å². The first-order valence-corrected chi connectivity index (χ1v) is 6.92. The number of carboxylic acid groups (broad SMARTS) is 1. The predicted octanol–water partition coefficient (Wildman–Crippen LogP) is 0.494. The van der Waals surface area contributed by atoms with Crippen molar-refractivity contribution in [3.63, 3.8) is 0 Å². The van der Waals surface area contributed by atoms with Crippen LogP contribution in [0.4, 0.5) is 0 Å². The molecule has 0 bridgehead atoms. The smallest absolute Gasteiger partial charge is 0.362 e. The van der Waals surface area contributed by atoms with Crippen molar-refractivity contribution in [1.29, 1.82) is 0 Å². The molecule has 0 aliphatic rings. The van der Waals surface area contributed by atoms with Gasteiger partial charge in [0.1, 0.15) is 0 Å². The Morgan fingerprint density at radius 3 is 2.06 bits per heavy atom. The van der Waals surface area contributed by atoms with Crippen LogP contribution in [0.3, 0.4) is 0 Å². The molecule has 6 nitrogen and oxygen atoms in total. The zero-order chi connectivity index (χ0) is 13.0. The van der Waals surface area contributed by atoms with E-state index in [2.05, 4.69) is 0 Å². The van der Waals surface area contributed by atoms with Crippen molar-refractivity contribution in [3.05, 3.63) is 0 Å². The van der Waals surface area contributed by atoms with Crippen molar-refractivity contribution in [2.75, 3.05) is 27.3 Å². The van der Waals surface area contributed by atoms with E-state index in [-0.39, 0.29) is 6.16 Å². The molecule has 0 saturated heterocycles. The largest absolute Gasteiger partial charge is 0.477 e. The minimum atomic E-state index is -3.94. The standard InChI is InChI=1S/C9H20NO5P/c1-10(2,3)8(9(11)12)6-4-5-7-16(13,14)15/h8H,4-7H2,1-3H3,(H2-,11,12,13,14,15)/p+1.